The predicted molar refractivity (Wildman–Crippen MR) is 91.6 cm³/mol. The molecular weight excluding hydrogens is 322 g/mol. The van der Waals surface area contributed by atoms with Crippen molar-refractivity contribution in [2.75, 3.05) is 5.32 Å². The van der Waals surface area contributed by atoms with Crippen molar-refractivity contribution in [3.63, 3.8) is 0 Å². The Balaban J connectivity index is 0.00000242. The van der Waals surface area contributed by atoms with Crippen molar-refractivity contribution < 1.29 is 9.53 Å². The number of benzene rings is 1. The van der Waals surface area contributed by atoms with E-state index in [1.807, 2.05) is 38.1 Å². The van der Waals surface area contributed by atoms with Crippen molar-refractivity contribution in [1.29, 1.82) is 0 Å². The number of hydrogen-bond donors (Lipinski definition) is 2. The van der Waals surface area contributed by atoms with Gasteiger partial charge in [0.2, 0.25) is 0 Å². The molecule has 0 atom stereocenters. The third kappa shape index (κ3) is 5.38. The zero-order chi connectivity index (χ0) is 15.2. The second-order valence-electron chi connectivity index (χ2n) is 4.84. The molecule has 1 aromatic carbocycles. The second-order valence-corrected chi connectivity index (χ2v) is 5.79. The molecule has 0 fully saturated rings. The van der Waals surface area contributed by atoms with Crippen LogP contribution in [0.15, 0.2) is 29.6 Å². The van der Waals surface area contributed by atoms with E-state index in [0.29, 0.717) is 18.8 Å². The van der Waals surface area contributed by atoms with E-state index in [9.17, 15) is 4.79 Å². The Bertz CT molecular complexity index is 616. The Morgan fingerprint density at radius 1 is 1.45 bits per heavy atom. The van der Waals surface area contributed by atoms with E-state index in [-0.39, 0.29) is 24.4 Å². The summed E-state index contributed by atoms with van der Waals surface area (Å²) in [5, 5.41) is 5.29. The first-order chi connectivity index (χ1) is 10.1. The molecule has 2 aromatic rings. The number of amides is 1. The number of aromatic nitrogens is 1. The smallest absolute Gasteiger partial charge is 0.275 e. The van der Waals surface area contributed by atoms with Crippen LogP contribution in [0, 0.1) is 0 Å². The molecule has 0 saturated heterocycles. The first-order valence-corrected chi connectivity index (χ1v) is 7.63. The van der Waals surface area contributed by atoms with Crippen LogP contribution in [0.25, 0.3) is 0 Å². The van der Waals surface area contributed by atoms with Crippen LogP contribution < -0.4 is 11.1 Å². The van der Waals surface area contributed by atoms with Gasteiger partial charge < -0.3 is 15.8 Å². The lowest BCUT2D eigenvalue weighted by atomic mass is 10.2. The van der Waals surface area contributed by atoms with Crippen LogP contribution >= 0.6 is 23.7 Å². The van der Waals surface area contributed by atoms with E-state index < -0.39 is 0 Å². The highest BCUT2D eigenvalue weighted by atomic mass is 35.5. The van der Waals surface area contributed by atoms with Crippen molar-refractivity contribution in [3.8, 4) is 0 Å². The van der Waals surface area contributed by atoms with E-state index in [1.54, 1.807) is 5.38 Å². The summed E-state index contributed by atoms with van der Waals surface area (Å²) >= 11 is 1.39. The average Bonchev–Trinajstić information content (AvgIpc) is 2.94. The van der Waals surface area contributed by atoms with E-state index in [4.69, 9.17) is 10.5 Å². The maximum absolute atomic E-state index is 12.1. The molecule has 120 valence electrons. The van der Waals surface area contributed by atoms with Gasteiger partial charge in [0.15, 0.2) is 0 Å². The molecule has 0 radical (unpaired) electrons. The summed E-state index contributed by atoms with van der Waals surface area (Å²) in [6.07, 6.45) is 0.174. The van der Waals surface area contributed by atoms with Crippen molar-refractivity contribution in [1.82, 2.24) is 4.98 Å². The highest BCUT2D eigenvalue weighted by molar-refractivity contribution is 7.09. The van der Waals surface area contributed by atoms with Gasteiger partial charge in [0.1, 0.15) is 10.7 Å². The van der Waals surface area contributed by atoms with Gasteiger partial charge >= 0.3 is 0 Å². The molecular formula is C15H20ClN3O2S. The zero-order valence-electron chi connectivity index (χ0n) is 12.5. The number of hydrogen-bond acceptors (Lipinski definition) is 5. The molecule has 0 aliphatic rings. The zero-order valence-corrected chi connectivity index (χ0v) is 14.2. The Morgan fingerprint density at radius 3 is 2.86 bits per heavy atom. The van der Waals surface area contributed by atoms with Gasteiger partial charge in [-0.1, -0.05) is 12.1 Å². The van der Waals surface area contributed by atoms with E-state index in [1.165, 1.54) is 11.3 Å². The minimum atomic E-state index is -0.229. The topological polar surface area (TPSA) is 77.2 Å². The first kappa shape index (κ1) is 18.6. The highest BCUT2D eigenvalue weighted by Gasteiger charge is 2.10. The van der Waals surface area contributed by atoms with Crippen molar-refractivity contribution >= 4 is 35.3 Å². The molecule has 7 heteroatoms. The molecule has 0 saturated carbocycles. The summed E-state index contributed by atoms with van der Waals surface area (Å²) in [4.78, 5) is 16.2. The summed E-state index contributed by atoms with van der Waals surface area (Å²) in [5.74, 6) is -0.229. The third-order valence-corrected chi connectivity index (χ3v) is 3.60. The number of anilines is 1. The third-order valence-electron chi connectivity index (χ3n) is 2.73. The van der Waals surface area contributed by atoms with Gasteiger partial charge in [-0.15, -0.1) is 23.7 Å². The maximum Gasteiger partial charge on any atom is 0.275 e. The quantitative estimate of drug-likeness (QED) is 0.845. The number of nitrogens with two attached hydrogens (primary N) is 1. The van der Waals surface area contributed by atoms with Crippen LogP contribution in [0.3, 0.4) is 0 Å². The summed E-state index contributed by atoms with van der Waals surface area (Å²) in [6, 6.07) is 7.60. The molecule has 0 spiro atoms. The molecule has 3 N–H and O–H groups in total. The van der Waals surface area contributed by atoms with Crippen molar-refractivity contribution in [2.24, 2.45) is 5.73 Å². The van der Waals surface area contributed by atoms with Gasteiger partial charge in [0.25, 0.3) is 5.91 Å². The van der Waals surface area contributed by atoms with Gasteiger partial charge in [-0.05, 0) is 31.5 Å². The molecule has 5 nitrogen and oxygen atoms in total. The van der Waals surface area contributed by atoms with Gasteiger partial charge in [0.05, 0.1) is 12.7 Å². The lowest BCUT2D eigenvalue weighted by Gasteiger charge is -2.09. The fourth-order valence-corrected chi connectivity index (χ4v) is 2.36. The van der Waals surface area contributed by atoms with Crippen LogP contribution in [0.1, 0.15) is 34.9 Å². The van der Waals surface area contributed by atoms with Crippen LogP contribution in [0.5, 0.6) is 0 Å². The molecule has 0 aliphatic heterocycles. The van der Waals surface area contributed by atoms with Crippen LogP contribution in [-0.4, -0.2) is 17.0 Å². The number of ether oxygens (including phenoxy) is 1. The van der Waals surface area contributed by atoms with Crippen molar-refractivity contribution in [2.45, 2.75) is 33.1 Å². The molecule has 22 heavy (non-hydrogen) atoms. The summed E-state index contributed by atoms with van der Waals surface area (Å²) in [7, 11) is 0. The minimum absolute atomic E-state index is 0. The van der Waals surface area contributed by atoms with Crippen LogP contribution in [-0.2, 0) is 17.9 Å². The normalized spacial score (nSPS) is 10.4. The molecule has 0 bridgehead atoms. The van der Waals surface area contributed by atoms with Crippen LogP contribution in [0.2, 0.25) is 0 Å². The number of carbonyl (C=O) groups excluding carboxylic acids is 1. The number of rotatable bonds is 6. The molecule has 1 amide bonds. The number of nitrogens with one attached hydrogen (secondary N) is 1. The number of carbonyl (C=O) groups is 1. The molecule has 1 aromatic heterocycles. The second kappa shape index (κ2) is 8.85. The molecule has 1 heterocycles. The lowest BCUT2D eigenvalue weighted by Crippen LogP contribution is -2.13. The lowest BCUT2D eigenvalue weighted by molar-refractivity contribution is 0.0657. The summed E-state index contributed by atoms with van der Waals surface area (Å²) in [5.41, 5.74) is 7.63. The van der Waals surface area contributed by atoms with E-state index in [2.05, 4.69) is 10.3 Å². The SMILES string of the molecule is CC(C)OCc1cccc(NC(=O)c2csc(CN)n2)c1.Cl. The number of thiazole rings is 1. The summed E-state index contributed by atoms with van der Waals surface area (Å²) < 4.78 is 5.55. The molecule has 0 unspecified atom stereocenters. The minimum Gasteiger partial charge on any atom is -0.374 e. The van der Waals surface area contributed by atoms with Gasteiger partial charge in [0, 0.05) is 17.6 Å². The number of nitrogens with zero attached hydrogens (tertiary/aromatic N) is 1. The average molecular weight is 342 g/mol. The predicted octanol–water partition coefficient (Wildman–Crippen LogP) is 3.20. The molecule has 0 aliphatic carbocycles. The van der Waals surface area contributed by atoms with E-state index >= 15 is 0 Å². The Hall–Kier alpha value is -1.47. The monoisotopic (exact) mass is 341 g/mol. The van der Waals surface area contributed by atoms with Gasteiger partial charge in [-0.25, -0.2) is 4.98 Å². The van der Waals surface area contributed by atoms with Crippen LogP contribution in [0.4, 0.5) is 5.69 Å². The Morgan fingerprint density at radius 2 is 2.23 bits per heavy atom. The number of halogens is 1. The largest absolute Gasteiger partial charge is 0.374 e. The Kier molecular flexibility index (Phi) is 7.47. The summed E-state index contributed by atoms with van der Waals surface area (Å²) in [6.45, 7) is 4.85. The maximum atomic E-state index is 12.1. The highest BCUT2D eigenvalue weighted by Crippen LogP contribution is 2.15. The van der Waals surface area contributed by atoms with Gasteiger partial charge in [-0.3, -0.25) is 4.79 Å². The fourth-order valence-electron chi connectivity index (χ4n) is 1.71. The van der Waals surface area contributed by atoms with Gasteiger partial charge in [-0.2, -0.15) is 0 Å². The Labute approximate surface area is 140 Å². The standard InChI is InChI=1S/C15H19N3O2S.ClH/c1-10(2)20-8-11-4-3-5-12(6-11)17-15(19)13-9-21-14(7-16)18-13;/h3-6,9-10H,7-8,16H2,1-2H3,(H,17,19);1H. The fraction of sp³-hybridized carbons (Fsp3) is 0.333. The van der Waals surface area contributed by atoms with Crippen molar-refractivity contribution in [3.05, 3.63) is 45.9 Å². The first-order valence-electron chi connectivity index (χ1n) is 6.75. The molecule has 2 rings (SSSR count). The van der Waals surface area contributed by atoms with E-state index in [0.717, 1.165) is 16.3 Å².